The van der Waals surface area contributed by atoms with Gasteiger partial charge >= 0.3 is 0 Å². The molecule has 0 unspecified atom stereocenters. The molecule has 63 heavy (non-hydrogen) atoms. The summed E-state index contributed by atoms with van der Waals surface area (Å²) in [6.07, 6.45) is 8.90. The highest BCUT2D eigenvalue weighted by molar-refractivity contribution is 5.77. The fraction of sp³-hybridized carbons (Fsp3) is 0.0877. The van der Waals surface area contributed by atoms with Gasteiger partial charge in [-0.1, -0.05) is 220 Å². The fourth-order valence-electron chi connectivity index (χ4n) is 8.02. The summed E-state index contributed by atoms with van der Waals surface area (Å²) >= 11 is 0. The van der Waals surface area contributed by atoms with Crippen molar-refractivity contribution in [3.8, 4) is 79.5 Å². The first-order valence-corrected chi connectivity index (χ1v) is 21.4. The first kappa shape index (κ1) is 39.2. The molecule has 1 aliphatic carbocycles. The molecule has 0 N–H and O–H groups in total. The molecular formula is C57H44N6. The van der Waals surface area contributed by atoms with Crippen molar-refractivity contribution < 1.29 is 0 Å². The van der Waals surface area contributed by atoms with Gasteiger partial charge in [-0.3, -0.25) is 0 Å². The van der Waals surface area contributed by atoms with Gasteiger partial charge in [-0.15, -0.1) is 0 Å². The molecule has 302 valence electrons. The summed E-state index contributed by atoms with van der Waals surface area (Å²) in [5.74, 6) is 3.81. The molecule has 0 saturated heterocycles. The zero-order chi connectivity index (χ0) is 42.6. The second-order valence-corrected chi connectivity index (χ2v) is 16.3. The molecule has 0 amide bonds. The van der Waals surface area contributed by atoms with E-state index in [-0.39, 0.29) is 5.41 Å². The number of hydrogen-bond acceptors (Lipinski definition) is 6. The van der Waals surface area contributed by atoms with E-state index >= 15 is 0 Å². The highest BCUT2D eigenvalue weighted by atomic mass is 15.0. The van der Waals surface area contributed by atoms with E-state index in [9.17, 15) is 0 Å². The number of allylic oxidation sites excluding steroid dienone is 4. The summed E-state index contributed by atoms with van der Waals surface area (Å²) in [5.41, 5.74) is 12.4. The van der Waals surface area contributed by atoms with Gasteiger partial charge in [0.15, 0.2) is 34.9 Å². The van der Waals surface area contributed by atoms with Crippen molar-refractivity contribution in [3.05, 3.63) is 223 Å². The Morgan fingerprint density at radius 1 is 0.302 bits per heavy atom. The average molecular weight is 813 g/mol. The minimum absolute atomic E-state index is 0.304. The predicted octanol–water partition coefficient (Wildman–Crippen LogP) is 13.8. The molecule has 0 spiro atoms. The van der Waals surface area contributed by atoms with Crippen LogP contribution in [0.5, 0.6) is 0 Å². The van der Waals surface area contributed by atoms with Gasteiger partial charge in [0.25, 0.3) is 0 Å². The molecule has 0 saturated carbocycles. The van der Waals surface area contributed by atoms with Crippen molar-refractivity contribution in [1.29, 1.82) is 0 Å². The summed E-state index contributed by atoms with van der Waals surface area (Å²) < 4.78 is 0. The second-order valence-electron chi connectivity index (χ2n) is 16.3. The van der Waals surface area contributed by atoms with Gasteiger partial charge in [-0.2, -0.15) is 0 Å². The molecule has 9 aromatic rings. The minimum atomic E-state index is -0.304. The maximum Gasteiger partial charge on any atom is 0.164 e. The SMILES string of the molecule is CC(C)(c1ccc(-c2nc(-c3ccccc3)nc(-c3ccc(C4=CCCC=C4)cc3)n2)cc1)c1ccc(-c2nc(-c3ccccc3)nc(-c3ccc(-c4ccccc4)cc3)n2)cc1. The van der Waals surface area contributed by atoms with E-state index in [1.54, 1.807) is 0 Å². The van der Waals surface area contributed by atoms with Crippen LogP contribution in [-0.4, -0.2) is 29.9 Å². The Balaban J connectivity index is 0.936. The lowest BCUT2D eigenvalue weighted by Gasteiger charge is -2.26. The van der Waals surface area contributed by atoms with Gasteiger partial charge in [-0.05, 0) is 46.2 Å². The lowest BCUT2D eigenvalue weighted by Crippen LogP contribution is -2.18. The van der Waals surface area contributed by atoms with Gasteiger partial charge in [-0.25, -0.2) is 29.9 Å². The monoisotopic (exact) mass is 812 g/mol. The molecule has 2 heterocycles. The number of benzene rings is 7. The van der Waals surface area contributed by atoms with E-state index < -0.39 is 0 Å². The van der Waals surface area contributed by atoms with Crippen LogP contribution >= 0.6 is 0 Å². The van der Waals surface area contributed by atoms with Crippen LogP contribution in [0.3, 0.4) is 0 Å². The number of rotatable bonds is 10. The Kier molecular flexibility index (Phi) is 10.7. The molecule has 1 aliphatic rings. The van der Waals surface area contributed by atoms with Crippen LogP contribution in [-0.2, 0) is 5.41 Å². The van der Waals surface area contributed by atoms with Gasteiger partial charge in [0.1, 0.15) is 0 Å². The van der Waals surface area contributed by atoms with Crippen molar-refractivity contribution in [2.45, 2.75) is 32.1 Å². The summed E-state index contributed by atoms with van der Waals surface area (Å²) in [6.45, 7) is 4.50. The third-order valence-electron chi connectivity index (χ3n) is 11.8. The molecule has 2 aromatic heterocycles. The van der Waals surface area contributed by atoms with Gasteiger partial charge in [0, 0.05) is 38.8 Å². The molecule has 0 fully saturated rings. The smallest absolute Gasteiger partial charge is 0.164 e. The van der Waals surface area contributed by atoms with E-state index in [1.807, 2.05) is 66.7 Å². The normalized spacial score (nSPS) is 12.5. The van der Waals surface area contributed by atoms with Crippen LogP contribution in [0, 0.1) is 0 Å². The summed E-state index contributed by atoms with van der Waals surface area (Å²) in [4.78, 5) is 29.9. The standard InChI is InChI=1S/C57H44N6/c1-57(2,49-35-31-47(32-36-49)55-60-51(43-19-11-5-12-20-43)58-53(62-55)45-27-23-41(24-28-45)39-15-7-3-8-16-39)50-37-33-48(34-38-50)56-61-52(44-21-13-6-14-22-44)59-54(63-56)46-29-25-42(26-30-46)40-17-9-4-10-18-40/h3,5-9,11-38H,4,10H2,1-2H3. The maximum absolute atomic E-state index is 5.03. The molecular weight excluding hydrogens is 769 g/mol. The molecule has 6 heteroatoms. The van der Waals surface area contributed by atoms with Crippen LogP contribution in [0.1, 0.15) is 43.4 Å². The summed E-state index contributed by atoms with van der Waals surface area (Å²) in [5, 5.41) is 0. The van der Waals surface area contributed by atoms with E-state index in [0.717, 1.165) is 51.8 Å². The molecule has 0 bridgehead atoms. The van der Waals surface area contributed by atoms with Gasteiger partial charge in [0.05, 0.1) is 0 Å². The summed E-state index contributed by atoms with van der Waals surface area (Å²) in [7, 11) is 0. The molecule has 0 radical (unpaired) electrons. The van der Waals surface area contributed by atoms with Crippen molar-refractivity contribution in [3.63, 3.8) is 0 Å². The lowest BCUT2D eigenvalue weighted by molar-refractivity contribution is 0.641. The molecule has 10 rings (SSSR count). The Morgan fingerprint density at radius 3 is 0.937 bits per heavy atom. The van der Waals surface area contributed by atoms with E-state index in [4.69, 9.17) is 29.9 Å². The maximum atomic E-state index is 5.03. The van der Waals surface area contributed by atoms with Crippen molar-refractivity contribution >= 4 is 5.57 Å². The Labute approximate surface area is 368 Å². The Hall–Kier alpha value is -7.96. The quantitative estimate of drug-likeness (QED) is 0.137. The molecule has 6 nitrogen and oxygen atoms in total. The third-order valence-corrected chi connectivity index (χ3v) is 11.8. The van der Waals surface area contributed by atoms with E-state index in [0.29, 0.717) is 34.9 Å². The third kappa shape index (κ3) is 8.39. The predicted molar refractivity (Wildman–Crippen MR) is 256 cm³/mol. The summed E-state index contributed by atoms with van der Waals surface area (Å²) in [6, 6.07) is 64.7. The lowest BCUT2D eigenvalue weighted by atomic mass is 9.77. The minimum Gasteiger partial charge on any atom is -0.208 e. The highest BCUT2D eigenvalue weighted by Crippen LogP contribution is 2.35. The number of aromatic nitrogens is 6. The average Bonchev–Trinajstić information content (AvgIpc) is 3.37. The molecule has 0 aliphatic heterocycles. The van der Waals surface area contributed by atoms with Crippen molar-refractivity contribution in [2.24, 2.45) is 0 Å². The van der Waals surface area contributed by atoms with Gasteiger partial charge in [0.2, 0.25) is 0 Å². The van der Waals surface area contributed by atoms with Crippen molar-refractivity contribution in [1.82, 2.24) is 29.9 Å². The largest absolute Gasteiger partial charge is 0.208 e. The van der Waals surface area contributed by atoms with Crippen LogP contribution in [0.15, 0.2) is 206 Å². The molecule has 7 aromatic carbocycles. The van der Waals surface area contributed by atoms with E-state index in [2.05, 4.69) is 153 Å². The van der Waals surface area contributed by atoms with E-state index in [1.165, 1.54) is 27.8 Å². The number of nitrogens with zero attached hydrogens (tertiary/aromatic N) is 6. The zero-order valence-corrected chi connectivity index (χ0v) is 35.2. The molecule has 0 atom stereocenters. The van der Waals surface area contributed by atoms with Crippen molar-refractivity contribution in [2.75, 3.05) is 0 Å². The van der Waals surface area contributed by atoms with Crippen LogP contribution in [0.2, 0.25) is 0 Å². The topological polar surface area (TPSA) is 77.3 Å². The zero-order valence-electron chi connectivity index (χ0n) is 35.2. The second kappa shape index (κ2) is 17.2. The van der Waals surface area contributed by atoms with Crippen LogP contribution in [0.25, 0.3) is 85.0 Å². The van der Waals surface area contributed by atoms with Crippen LogP contribution < -0.4 is 0 Å². The highest BCUT2D eigenvalue weighted by Gasteiger charge is 2.24. The fourth-order valence-corrected chi connectivity index (χ4v) is 8.02. The Morgan fingerprint density at radius 2 is 0.587 bits per heavy atom. The first-order chi connectivity index (χ1) is 30.9. The Bertz CT molecular complexity index is 3070. The first-order valence-electron chi connectivity index (χ1n) is 21.4. The number of hydrogen-bond donors (Lipinski definition) is 0. The van der Waals surface area contributed by atoms with Crippen LogP contribution in [0.4, 0.5) is 0 Å². The van der Waals surface area contributed by atoms with Gasteiger partial charge < -0.3 is 0 Å².